The van der Waals surface area contributed by atoms with Gasteiger partial charge in [-0.2, -0.15) is 5.10 Å². The third kappa shape index (κ3) is 3.32. The minimum Gasteiger partial charge on any atom is -0.320 e. The lowest BCUT2D eigenvalue weighted by molar-refractivity contribution is 0.102. The molecule has 28 heavy (non-hydrogen) atoms. The predicted octanol–water partition coefficient (Wildman–Crippen LogP) is 5.19. The van der Waals surface area contributed by atoms with Gasteiger partial charge in [0.2, 0.25) is 0 Å². The van der Waals surface area contributed by atoms with Crippen LogP contribution in [0.1, 0.15) is 21.6 Å². The Balaban J connectivity index is 1.86. The number of carbonyl (C=O) groups is 1. The van der Waals surface area contributed by atoms with Crippen LogP contribution in [-0.2, 0) is 0 Å². The average molecular weight is 391 g/mol. The molecule has 0 saturated heterocycles. The Kier molecular flexibility index (Phi) is 4.75. The van der Waals surface area contributed by atoms with Crippen molar-refractivity contribution < 1.29 is 4.79 Å². The molecular formula is C22H19ClN4O. The first-order valence-electron chi connectivity index (χ1n) is 8.90. The SMILES string of the molecule is Cc1cccc(-n2nc(C)c(C(=O)Nc3ccccc3Cl)c2-n2cccc2)c1. The van der Waals surface area contributed by atoms with Crippen molar-refractivity contribution in [1.29, 1.82) is 0 Å². The first-order chi connectivity index (χ1) is 13.5. The summed E-state index contributed by atoms with van der Waals surface area (Å²) in [5, 5.41) is 8.06. The highest BCUT2D eigenvalue weighted by atomic mass is 35.5. The monoisotopic (exact) mass is 390 g/mol. The van der Waals surface area contributed by atoms with Crippen LogP contribution in [-0.4, -0.2) is 20.3 Å². The molecule has 0 aliphatic heterocycles. The summed E-state index contributed by atoms with van der Waals surface area (Å²) in [6, 6.07) is 19.0. The topological polar surface area (TPSA) is 51.9 Å². The zero-order valence-corrected chi connectivity index (χ0v) is 16.3. The summed E-state index contributed by atoms with van der Waals surface area (Å²) >= 11 is 6.21. The zero-order valence-electron chi connectivity index (χ0n) is 15.6. The van der Waals surface area contributed by atoms with Crippen molar-refractivity contribution in [3.05, 3.63) is 94.9 Å². The van der Waals surface area contributed by atoms with Crippen LogP contribution in [0, 0.1) is 13.8 Å². The average Bonchev–Trinajstić information content (AvgIpc) is 3.31. The van der Waals surface area contributed by atoms with Gasteiger partial charge in [0.25, 0.3) is 5.91 Å². The van der Waals surface area contributed by atoms with Crippen molar-refractivity contribution in [2.75, 3.05) is 5.32 Å². The predicted molar refractivity (Wildman–Crippen MR) is 112 cm³/mol. The van der Waals surface area contributed by atoms with E-state index >= 15 is 0 Å². The molecule has 0 spiro atoms. The Hall–Kier alpha value is -3.31. The van der Waals surface area contributed by atoms with E-state index in [0.717, 1.165) is 11.3 Å². The molecule has 2 heterocycles. The van der Waals surface area contributed by atoms with Crippen LogP contribution in [0.15, 0.2) is 73.1 Å². The van der Waals surface area contributed by atoms with E-state index in [1.54, 1.807) is 16.8 Å². The number of rotatable bonds is 4. The molecule has 0 atom stereocenters. The number of aromatic nitrogens is 3. The molecule has 1 N–H and O–H groups in total. The quantitative estimate of drug-likeness (QED) is 0.521. The van der Waals surface area contributed by atoms with Gasteiger partial charge in [0.15, 0.2) is 5.82 Å². The summed E-state index contributed by atoms with van der Waals surface area (Å²) in [6.45, 7) is 3.86. The van der Waals surface area contributed by atoms with Crippen molar-refractivity contribution >= 4 is 23.2 Å². The van der Waals surface area contributed by atoms with E-state index in [9.17, 15) is 4.79 Å². The second-order valence-corrected chi connectivity index (χ2v) is 6.97. The van der Waals surface area contributed by atoms with E-state index < -0.39 is 0 Å². The Morgan fingerprint density at radius 3 is 2.46 bits per heavy atom. The molecule has 0 bridgehead atoms. The molecule has 2 aromatic heterocycles. The van der Waals surface area contributed by atoms with Crippen LogP contribution < -0.4 is 5.32 Å². The fourth-order valence-electron chi connectivity index (χ4n) is 3.18. The van der Waals surface area contributed by atoms with E-state index in [-0.39, 0.29) is 5.91 Å². The first-order valence-corrected chi connectivity index (χ1v) is 9.28. The standard InChI is InChI=1S/C22H19ClN4O/c1-15-8-7-9-17(14-15)27-22(26-12-5-6-13-26)20(16(2)25-27)21(28)24-19-11-4-3-10-18(19)23/h3-14H,1-2H3,(H,24,28). The van der Waals surface area contributed by atoms with Crippen molar-refractivity contribution in [2.24, 2.45) is 0 Å². The molecule has 0 aliphatic carbocycles. The molecule has 4 aromatic rings. The molecule has 140 valence electrons. The van der Waals surface area contributed by atoms with Crippen LogP contribution >= 0.6 is 11.6 Å². The molecule has 1 amide bonds. The van der Waals surface area contributed by atoms with Gasteiger partial charge in [-0.1, -0.05) is 35.9 Å². The maximum atomic E-state index is 13.2. The number of amides is 1. The van der Waals surface area contributed by atoms with Crippen LogP contribution in [0.3, 0.4) is 0 Å². The lowest BCUT2D eigenvalue weighted by atomic mass is 10.2. The summed E-state index contributed by atoms with van der Waals surface area (Å²) in [4.78, 5) is 13.2. The number of benzene rings is 2. The van der Waals surface area contributed by atoms with E-state index in [2.05, 4.69) is 10.4 Å². The van der Waals surface area contributed by atoms with Gasteiger partial charge in [-0.05, 0) is 55.8 Å². The van der Waals surface area contributed by atoms with Crippen molar-refractivity contribution in [3.8, 4) is 11.5 Å². The molecule has 0 unspecified atom stereocenters. The van der Waals surface area contributed by atoms with E-state index in [1.165, 1.54) is 0 Å². The Labute approximate surface area is 168 Å². The van der Waals surface area contributed by atoms with Gasteiger partial charge in [0.1, 0.15) is 5.56 Å². The minimum absolute atomic E-state index is 0.256. The summed E-state index contributed by atoms with van der Waals surface area (Å²) in [5.74, 6) is 0.422. The number of para-hydroxylation sites is 1. The van der Waals surface area contributed by atoms with Crippen molar-refractivity contribution in [2.45, 2.75) is 13.8 Å². The Morgan fingerprint density at radius 1 is 1.00 bits per heavy atom. The molecular weight excluding hydrogens is 372 g/mol. The number of anilines is 1. The number of carbonyl (C=O) groups excluding carboxylic acids is 1. The summed E-state index contributed by atoms with van der Waals surface area (Å²) in [7, 11) is 0. The second kappa shape index (κ2) is 7.37. The third-order valence-corrected chi connectivity index (χ3v) is 4.81. The summed E-state index contributed by atoms with van der Waals surface area (Å²) in [6.07, 6.45) is 3.80. The van der Waals surface area contributed by atoms with E-state index in [0.29, 0.717) is 27.8 Å². The lowest BCUT2D eigenvalue weighted by Crippen LogP contribution is -2.16. The Bertz CT molecular complexity index is 1150. The smallest absolute Gasteiger partial charge is 0.261 e. The Morgan fingerprint density at radius 2 is 1.75 bits per heavy atom. The number of nitrogens with one attached hydrogen (secondary N) is 1. The van der Waals surface area contributed by atoms with E-state index in [1.807, 2.05) is 79.3 Å². The summed E-state index contributed by atoms with van der Waals surface area (Å²) in [5.41, 5.74) is 3.71. The van der Waals surface area contributed by atoms with Crippen LogP contribution in [0.25, 0.3) is 11.5 Å². The maximum Gasteiger partial charge on any atom is 0.261 e. The van der Waals surface area contributed by atoms with Gasteiger partial charge in [0.05, 0.1) is 22.1 Å². The fourth-order valence-corrected chi connectivity index (χ4v) is 3.37. The van der Waals surface area contributed by atoms with Crippen LogP contribution in [0.5, 0.6) is 0 Å². The fraction of sp³-hybridized carbons (Fsp3) is 0.0909. The number of hydrogen-bond acceptors (Lipinski definition) is 2. The number of aryl methyl sites for hydroxylation is 2. The molecule has 0 aliphatic rings. The highest BCUT2D eigenvalue weighted by molar-refractivity contribution is 6.34. The van der Waals surface area contributed by atoms with Gasteiger partial charge >= 0.3 is 0 Å². The van der Waals surface area contributed by atoms with Gasteiger partial charge in [0, 0.05) is 12.4 Å². The molecule has 6 heteroatoms. The normalized spacial score (nSPS) is 10.8. The molecule has 2 aromatic carbocycles. The first kappa shape index (κ1) is 18.1. The van der Waals surface area contributed by atoms with E-state index in [4.69, 9.17) is 11.6 Å². The minimum atomic E-state index is -0.256. The zero-order chi connectivity index (χ0) is 19.7. The second-order valence-electron chi connectivity index (χ2n) is 6.56. The summed E-state index contributed by atoms with van der Waals surface area (Å²) < 4.78 is 3.69. The number of halogens is 1. The number of nitrogens with zero attached hydrogens (tertiary/aromatic N) is 3. The van der Waals surface area contributed by atoms with Crippen LogP contribution in [0.2, 0.25) is 5.02 Å². The molecule has 0 radical (unpaired) electrons. The largest absolute Gasteiger partial charge is 0.320 e. The number of hydrogen-bond donors (Lipinski definition) is 1. The third-order valence-electron chi connectivity index (χ3n) is 4.48. The molecule has 5 nitrogen and oxygen atoms in total. The maximum absolute atomic E-state index is 13.2. The van der Waals surface area contributed by atoms with Gasteiger partial charge < -0.3 is 9.88 Å². The van der Waals surface area contributed by atoms with Crippen LogP contribution in [0.4, 0.5) is 5.69 Å². The van der Waals surface area contributed by atoms with Gasteiger partial charge in [-0.3, -0.25) is 4.79 Å². The molecule has 0 fully saturated rings. The highest BCUT2D eigenvalue weighted by Gasteiger charge is 2.24. The highest BCUT2D eigenvalue weighted by Crippen LogP contribution is 2.26. The molecule has 4 rings (SSSR count). The van der Waals surface area contributed by atoms with Crippen molar-refractivity contribution in [3.63, 3.8) is 0 Å². The van der Waals surface area contributed by atoms with Gasteiger partial charge in [-0.25, -0.2) is 4.68 Å². The van der Waals surface area contributed by atoms with Gasteiger partial charge in [-0.15, -0.1) is 0 Å². The lowest BCUT2D eigenvalue weighted by Gasteiger charge is -2.12. The molecule has 0 saturated carbocycles. The van der Waals surface area contributed by atoms with Crippen molar-refractivity contribution in [1.82, 2.24) is 14.3 Å².